The van der Waals surface area contributed by atoms with Crippen LogP contribution in [0.4, 0.5) is 5.69 Å². The third-order valence-corrected chi connectivity index (χ3v) is 2.59. The summed E-state index contributed by atoms with van der Waals surface area (Å²) in [5, 5.41) is 7.66. The SMILES string of the molecule is CCCn1nccc1CNc1cncc(C)c1. The lowest BCUT2D eigenvalue weighted by atomic mass is 10.3. The number of aromatic nitrogens is 3. The summed E-state index contributed by atoms with van der Waals surface area (Å²) in [6.07, 6.45) is 6.64. The highest BCUT2D eigenvalue weighted by molar-refractivity contribution is 5.42. The fourth-order valence-corrected chi connectivity index (χ4v) is 1.77. The Kier molecular flexibility index (Phi) is 3.75. The van der Waals surface area contributed by atoms with Crippen LogP contribution in [0.2, 0.25) is 0 Å². The zero-order valence-corrected chi connectivity index (χ0v) is 10.3. The fourth-order valence-electron chi connectivity index (χ4n) is 1.77. The summed E-state index contributed by atoms with van der Waals surface area (Å²) in [5.41, 5.74) is 3.42. The molecule has 4 nitrogen and oxygen atoms in total. The van der Waals surface area contributed by atoms with E-state index in [9.17, 15) is 0 Å². The van der Waals surface area contributed by atoms with Gasteiger partial charge < -0.3 is 5.32 Å². The number of nitrogens with zero attached hydrogens (tertiary/aromatic N) is 3. The first kappa shape index (κ1) is 11.6. The number of hydrogen-bond donors (Lipinski definition) is 1. The van der Waals surface area contributed by atoms with Crippen LogP contribution in [-0.4, -0.2) is 14.8 Å². The van der Waals surface area contributed by atoms with Crippen molar-refractivity contribution in [3.8, 4) is 0 Å². The number of pyridine rings is 1. The van der Waals surface area contributed by atoms with Gasteiger partial charge in [-0.15, -0.1) is 0 Å². The van der Waals surface area contributed by atoms with Crippen LogP contribution < -0.4 is 5.32 Å². The van der Waals surface area contributed by atoms with E-state index in [2.05, 4.69) is 28.4 Å². The van der Waals surface area contributed by atoms with E-state index in [-0.39, 0.29) is 0 Å². The molecule has 0 saturated heterocycles. The van der Waals surface area contributed by atoms with Gasteiger partial charge in [-0.25, -0.2) is 0 Å². The molecule has 90 valence electrons. The molecule has 0 saturated carbocycles. The highest BCUT2D eigenvalue weighted by atomic mass is 15.3. The molecule has 0 fully saturated rings. The third kappa shape index (κ3) is 3.06. The van der Waals surface area contributed by atoms with Crippen LogP contribution in [0.3, 0.4) is 0 Å². The number of rotatable bonds is 5. The van der Waals surface area contributed by atoms with Crippen molar-refractivity contribution in [1.82, 2.24) is 14.8 Å². The number of nitrogens with one attached hydrogen (secondary N) is 1. The Morgan fingerprint density at radius 2 is 2.24 bits per heavy atom. The summed E-state index contributed by atoms with van der Waals surface area (Å²) in [6, 6.07) is 4.14. The number of anilines is 1. The first-order valence-electron chi connectivity index (χ1n) is 5.96. The van der Waals surface area contributed by atoms with E-state index >= 15 is 0 Å². The van der Waals surface area contributed by atoms with Crippen LogP contribution in [-0.2, 0) is 13.1 Å². The highest BCUT2D eigenvalue weighted by Gasteiger charge is 2.01. The van der Waals surface area contributed by atoms with Gasteiger partial charge in [0.05, 0.1) is 17.9 Å². The average molecular weight is 230 g/mol. The highest BCUT2D eigenvalue weighted by Crippen LogP contribution is 2.09. The molecule has 0 amide bonds. The standard InChI is InChI=1S/C13H18N4/c1-3-6-17-13(4-5-16-17)10-15-12-7-11(2)8-14-9-12/h4-5,7-9,15H,3,6,10H2,1-2H3. The summed E-state index contributed by atoms with van der Waals surface area (Å²) < 4.78 is 2.04. The molecule has 0 aliphatic rings. The Balaban J connectivity index is 1.99. The van der Waals surface area contributed by atoms with Crippen LogP contribution in [0.25, 0.3) is 0 Å². The summed E-state index contributed by atoms with van der Waals surface area (Å²) in [6.45, 7) is 5.95. The van der Waals surface area contributed by atoms with Crippen molar-refractivity contribution in [2.24, 2.45) is 0 Å². The van der Waals surface area contributed by atoms with Gasteiger partial charge in [-0.05, 0) is 31.0 Å². The van der Waals surface area contributed by atoms with E-state index < -0.39 is 0 Å². The Morgan fingerprint density at radius 3 is 3.00 bits per heavy atom. The molecule has 2 rings (SSSR count). The van der Waals surface area contributed by atoms with Gasteiger partial charge in [0, 0.05) is 25.1 Å². The molecule has 0 atom stereocenters. The van der Waals surface area contributed by atoms with Gasteiger partial charge in [-0.1, -0.05) is 6.92 Å². The Hall–Kier alpha value is -1.84. The van der Waals surface area contributed by atoms with Crippen LogP contribution in [0.1, 0.15) is 24.6 Å². The zero-order chi connectivity index (χ0) is 12.1. The lowest BCUT2D eigenvalue weighted by molar-refractivity contribution is 0.578. The molecule has 0 aliphatic carbocycles. The van der Waals surface area contributed by atoms with Gasteiger partial charge >= 0.3 is 0 Å². The molecular formula is C13H18N4. The molecule has 0 spiro atoms. The van der Waals surface area contributed by atoms with Gasteiger partial charge in [-0.3, -0.25) is 9.67 Å². The molecular weight excluding hydrogens is 212 g/mol. The minimum atomic E-state index is 0.783. The second-order valence-electron chi connectivity index (χ2n) is 4.15. The second kappa shape index (κ2) is 5.48. The lowest BCUT2D eigenvalue weighted by Gasteiger charge is -2.08. The van der Waals surface area contributed by atoms with Crippen molar-refractivity contribution in [2.45, 2.75) is 33.4 Å². The van der Waals surface area contributed by atoms with Gasteiger partial charge in [0.15, 0.2) is 0 Å². The van der Waals surface area contributed by atoms with Gasteiger partial charge in [-0.2, -0.15) is 5.10 Å². The first-order valence-corrected chi connectivity index (χ1v) is 5.96. The van der Waals surface area contributed by atoms with Gasteiger partial charge in [0.25, 0.3) is 0 Å². The Bertz CT molecular complexity index is 476. The van der Waals surface area contributed by atoms with E-state index in [0.717, 1.165) is 30.8 Å². The normalized spacial score (nSPS) is 10.5. The topological polar surface area (TPSA) is 42.7 Å². The van der Waals surface area contributed by atoms with E-state index in [0.29, 0.717) is 0 Å². The van der Waals surface area contributed by atoms with Crippen molar-refractivity contribution in [3.63, 3.8) is 0 Å². The van der Waals surface area contributed by atoms with Crippen LogP contribution >= 0.6 is 0 Å². The maximum atomic E-state index is 4.30. The first-order chi connectivity index (χ1) is 8.29. The van der Waals surface area contributed by atoms with Gasteiger partial charge in [0.1, 0.15) is 0 Å². The molecule has 2 heterocycles. The van der Waals surface area contributed by atoms with Crippen LogP contribution in [0.5, 0.6) is 0 Å². The smallest absolute Gasteiger partial charge is 0.0575 e. The molecule has 0 unspecified atom stereocenters. The Morgan fingerprint density at radius 1 is 1.35 bits per heavy atom. The summed E-state index contributed by atoms with van der Waals surface area (Å²) in [7, 11) is 0. The zero-order valence-electron chi connectivity index (χ0n) is 10.3. The van der Waals surface area contributed by atoms with Crippen molar-refractivity contribution >= 4 is 5.69 Å². The molecule has 0 aliphatic heterocycles. The molecule has 2 aromatic heterocycles. The minimum absolute atomic E-state index is 0.783. The average Bonchev–Trinajstić information content (AvgIpc) is 2.75. The lowest BCUT2D eigenvalue weighted by Crippen LogP contribution is -2.09. The van der Waals surface area contributed by atoms with Crippen molar-refractivity contribution < 1.29 is 0 Å². The molecule has 0 radical (unpaired) electrons. The van der Waals surface area contributed by atoms with Gasteiger partial charge in [0.2, 0.25) is 0 Å². The number of hydrogen-bond acceptors (Lipinski definition) is 3. The maximum Gasteiger partial charge on any atom is 0.0575 e. The van der Waals surface area contributed by atoms with E-state index in [4.69, 9.17) is 0 Å². The van der Waals surface area contributed by atoms with Crippen LogP contribution in [0.15, 0.2) is 30.7 Å². The molecule has 17 heavy (non-hydrogen) atoms. The monoisotopic (exact) mass is 230 g/mol. The molecule has 0 aromatic carbocycles. The van der Waals surface area contributed by atoms with E-state index in [1.165, 1.54) is 5.69 Å². The van der Waals surface area contributed by atoms with Crippen LogP contribution in [0, 0.1) is 6.92 Å². The molecule has 0 bridgehead atoms. The minimum Gasteiger partial charge on any atom is -0.378 e. The van der Waals surface area contributed by atoms with Crippen molar-refractivity contribution in [3.05, 3.63) is 42.0 Å². The predicted octanol–water partition coefficient (Wildman–Crippen LogP) is 2.61. The number of aryl methyl sites for hydroxylation is 2. The third-order valence-electron chi connectivity index (χ3n) is 2.59. The Labute approximate surface area is 102 Å². The summed E-state index contributed by atoms with van der Waals surface area (Å²) in [5.74, 6) is 0. The van der Waals surface area contributed by atoms with Crippen molar-refractivity contribution in [1.29, 1.82) is 0 Å². The predicted molar refractivity (Wildman–Crippen MR) is 68.8 cm³/mol. The fraction of sp³-hybridized carbons (Fsp3) is 0.385. The summed E-state index contributed by atoms with van der Waals surface area (Å²) >= 11 is 0. The molecule has 2 aromatic rings. The largest absolute Gasteiger partial charge is 0.378 e. The second-order valence-corrected chi connectivity index (χ2v) is 4.15. The quantitative estimate of drug-likeness (QED) is 0.858. The van der Waals surface area contributed by atoms with E-state index in [1.807, 2.05) is 36.3 Å². The van der Waals surface area contributed by atoms with Crippen molar-refractivity contribution in [2.75, 3.05) is 5.32 Å². The van der Waals surface area contributed by atoms with E-state index in [1.54, 1.807) is 0 Å². The molecule has 1 N–H and O–H groups in total. The molecule has 4 heteroatoms. The maximum absolute atomic E-state index is 4.30. The summed E-state index contributed by atoms with van der Waals surface area (Å²) in [4.78, 5) is 4.16.